The van der Waals surface area contributed by atoms with Gasteiger partial charge in [0, 0.05) is 11.7 Å². The summed E-state index contributed by atoms with van der Waals surface area (Å²) in [6, 6.07) is 8.82. The van der Waals surface area contributed by atoms with Crippen LogP contribution in [0.25, 0.3) is 5.82 Å². The van der Waals surface area contributed by atoms with E-state index in [2.05, 4.69) is 20.4 Å². The average molecular weight is 325 g/mol. The Labute approximate surface area is 140 Å². The van der Waals surface area contributed by atoms with Gasteiger partial charge in [-0.3, -0.25) is 4.98 Å². The number of anilines is 1. The smallest absolute Gasteiger partial charge is 0.174 e. The Bertz CT molecular complexity index is 843. The molecule has 5 nitrogen and oxygen atoms in total. The highest BCUT2D eigenvalue weighted by Gasteiger charge is 2.10. The Morgan fingerprint density at radius 3 is 2.71 bits per heavy atom. The Kier molecular flexibility index (Phi) is 4.55. The van der Waals surface area contributed by atoms with Crippen molar-refractivity contribution in [3.8, 4) is 5.82 Å². The molecule has 0 amide bonds. The first kappa shape index (κ1) is 16.1. The molecule has 1 N–H and O–H groups in total. The number of halogens is 1. The molecule has 0 saturated heterocycles. The molecule has 3 aromatic rings. The molecule has 0 saturated carbocycles. The van der Waals surface area contributed by atoms with Crippen LogP contribution in [0.4, 0.5) is 10.2 Å². The summed E-state index contributed by atoms with van der Waals surface area (Å²) in [4.78, 5) is 8.78. The van der Waals surface area contributed by atoms with E-state index in [0.29, 0.717) is 23.6 Å². The first-order valence-electron chi connectivity index (χ1n) is 7.88. The van der Waals surface area contributed by atoms with E-state index >= 15 is 0 Å². The molecule has 2 heterocycles. The fourth-order valence-electron chi connectivity index (χ4n) is 2.69. The zero-order valence-corrected chi connectivity index (χ0v) is 14.0. The van der Waals surface area contributed by atoms with Gasteiger partial charge < -0.3 is 5.32 Å². The van der Waals surface area contributed by atoms with Crippen LogP contribution in [0.3, 0.4) is 0 Å². The van der Waals surface area contributed by atoms with Crippen molar-refractivity contribution >= 4 is 5.82 Å². The fraction of sp³-hybridized carbons (Fsp3) is 0.278. The molecule has 0 spiro atoms. The Hall–Kier alpha value is -2.76. The molecule has 0 aliphatic carbocycles. The summed E-state index contributed by atoms with van der Waals surface area (Å²) in [6.45, 7) is 5.90. The van der Waals surface area contributed by atoms with Gasteiger partial charge in [-0.25, -0.2) is 14.1 Å². The van der Waals surface area contributed by atoms with Crippen molar-refractivity contribution in [2.45, 2.75) is 33.2 Å². The van der Waals surface area contributed by atoms with Crippen LogP contribution in [-0.4, -0.2) is 25.8 Å². The van der Waals surface area contributed by atoms with Crippen LogP contribution >= 0.6 is 0 Å². The van der Waals surface area contributed by atoms with Gasteiger partial charge in [-0.1, -0.05) is 18.2 Å². The zero-order chi connectivity index (χ0) is 17.1. The van der Waals surface area contributed by atoms with Gasteiger partial charge in [0.25, 0.3) is 0 Å². The van der Waals surface area contributed by atoms with E-state index in [1.807, 2.05) is 32.9 Å². The van der Waals surface area contributed by atoms with E-state index < -0.39 is 0 Å². The molecule has 1 aromatic carbocycles. The van der Waals surface area contributed by atoms with Gasteiger partial charge in [0.05, 0.1) is 18.1 Å². The predicted molar refractivity (Wildman–Crippen MR) is 91.8 cm³/mol. The van der Waals surface area contributed by atoms with Crippen LogP contribution < -0.4 is 5.32 Å². The van der Waals surface area contributed by atoms with E-state index in [-0.39, 0.29) is 11.9 Å². The third-order valence-electron chi connectivity index (χ3n) is 3.73. The molecule has 124 valence electrons. The number of aromatic nitrogens is 4. The van der Waals surface area contributed by atoms with Crippen LogP contribution in [0.2, 0.25) is 0 Å². The van der Waals surface area contributed by atoms with Crippen molar-refractivity contribution in [3.63, 3.8) is 0 Å². The lowest BCUT2D eigenvalue weighted by Crippen LogP contribution is -2.20. The molecule has 6 heteroatoms. The number of nitrogens with zero attached hydrogens (tertiary/aromatic N) is 4. The summed E-state index contributed by atoms with van der Waals surface area (Å²) in [7, 11) is 0. The van der Waals surface area contributed by atoms with Gasteiger partial charge in [-0.2, -0.15) is 5.10 Å². The van der Waals surface area contributed by atoms with Gasteiger partial charge in [0.15, 0.2) is 5.82 Å². The second-order valence-electron chi connectivity index (χ2n) is 5.94. The molecule has 24 heavy (non-hydrogen) atoms. The summed E-state index contributed by atoms with van der Waals surface area (Å²) < 4.78 is 15.5. The number of aryl methyl sites for hydroxylation is 2. The summed E-state index contributed by atoms with van der Waals surface area (Å²) in [5, 5.41) is 7.69. The molecule has 0 fully saturated rings. The second kappa shape index (κ2) is 6.78. The van der Waals surface area contributed by atoms with Gasteiger partial charge >= 0.3 is 0 Å². The predicted octanol–water partition coefficient (Wildman–Crippen LogP) is 3.46. The normalized spacial score (nSPS) is 12.2. The SMILES string of the molecule is Cc1cc(C)n(-c2cncc(NC(C)Cc3ccccc3F)n2)n1. The molecular weight excluding hydrogens is 305 g/mol. The van der Waals surface area contributed by atoms with Crippen LogP contribution in [0.15, 0.2) is 42.7 Å². The summed E-state index contributed by atoms with van der Waals surface area (Å²) in [5.74, 6) is 1.11. The van der Waals surface area contributed by atoms with Crippen molar-refractivity contribution in [3.05, 3.63) is 65.5 Å². The van der Waals surface area contributed by atoms with Crippen molar-refractivity contribution in [2.75, 3.05) is 5.32 Å². The van der Waals surface area contributed by atoms with Crippen molar-refractivity contribution < 1.29 is 4.39 Å². The maximum absolute atomic E-state index is 13.8. The Morgan fingerprint density at radius 2 is 2.00 bits per heavy atom. The molecule has 0 bridgehead atoms. The summed E-state index contributed by atoms with van der Waals surface area (Å²) in [6.07, 6.45) is 3.90. The van der Waals surface area contributed by atoms with Gasteiger partial charge in [0.2, 0.25) is 0 Å². The van der Waals surface area contributed by atoms with Gasteiger partial charge in [-0.15, -0.1) is 0 Å². The fourth-order valence-corrected chi connectivity index (χ4v) is 2.69. The maximum Gasteiger partial charge on any atom is 0.174 e. The summed E-state index contributed by atoms with van der Waals surface area (Å²) >= 11 is 0. The minimum absolute atomic E-state index is 0.0203. The van der Waals surface area contributed by atoms with Crippen LogP contribution in [0.5, 0.6) is 0 Å². The molecule has 0 aliphatic heterocycles. The molecule has 0 aliphatic rings. The minimum atomic E-state index is -0.186. The number of rotatable bonds is 5. The first-order valence-corrected chi connectivity index (χ1v) is 7.88. The number of nitrogens with one attached hydrogen (secondary N) is 1. The highest BCUT2D eigenvalue weighted by Crippen LogP contribution is 2.14. The Balaban J connectivity index is 1.75. The lowest BCUT2D eigenvalue weighted by molar-refractivity contribution is 0.601. The van der Waals surface area contributed by atoms with Crippen molar-refractivity contribution in [2.24, 2.45) is 0 Å². The van der Waals surface area contributed by atoms with E-state index in [4.69, 9.17) is 0 Å². The number of hydrogen-bond donors (Lipinski definition) is 1. The van der Waals surface area contributed by atoms with E-state index in [0.717, 1.165) is 11.4 Å². The Morgan fingerprint density at radius 1 is 1.21 bits per heavy atom. The largest absolute Gasteiger partial charge is 0.366 e. The molecular formula is C18H20FN5. The lowest BCUT2D eigenvalue weighted by Gasteiger charge is -2.15. The standard InChI is InChI=1S/C18H20FN5/c1-12(9-15-6-4-5-7-16(15)19)21-17-10-20-11-18(22-17)24-14(3)8-13(2)23-24/h4-8,10-12H,9H2,1-3H3,(H,21,22). The average Bonchev–Trinajstić information content (AvgIpc) is 2.88. The zero-order valence-electron chi connectivity index (χ0n) is 14.0. The first-order chi connectivity index (χ1) is 11.5. The topological polar surface area (TPSA) is 55.6 Å². The molecule has 3 rings (SSSR count). The van der Waals surface area contributed by atoms with Crippen LogP contribution in [0, 0.1) is 19.7 Å². The van der Waals surface area contributed by atoms with Gasteiger partial charge in [-0.05, 0) is 44.9 Å². The number of hydrogen-bond acceptors (Lipinski definition) is 4. The highest BCUT2D eigenvalue weighted by molar-refractivity contribution is 5.38. The van der Waals surface area contributed by atoms with E-state index in [1.165, 1.54) is 6.07 Å². The highest BCUT2D eigenvalue weighted by atomic mass is 19.1. The van der Waals surface area contributed by atoms with E-state index in [9.17, 15) is 4.39 Å². The van der Waals surface area contributed by atoms with E-state index in [1.54, 1.807) is 29.2 Å². The molecule has 1 unspecified atom stereocenters. The van der Waals surface area contributed by atoms with Crippen LogP contribution in [-0.2, 0) is 6.42 Å². The quantitative estimate of drug-likeness (QED) is 0.780. The van der Waals surface area contributed by atoms with Crippen molar-refractivity contribution in [1.82, 2.24) is 19.7 Å². The third-order valence-corrected chi connectivity index (χ3v) is 3.73. The lowest BCUT2D eigenvalue weighted by atomic mass is 10.1. The minimum Gasteiger partial charge on any atom is -0.366 e. The molecule has 0 radical (unpaired) electrons. The molecule has 2 aromatic heterocycles. The van der Waals surface area contributed by atoms with Gasteiger partial charge in [0.1, 0.15) is 11.6 Å². The monoisotopic (exact) mass is 325 g/mol. The second-order valence-corrected chi connectivity index (χ2v) is 5.94. The third kappa shape index (κ3) is 3.59. The summed E-state index contributed by atoms with van der Waals surface area (Å²) in [5.41, 5.74) is 2.61. The van der Waals surface area contributed by atoms with Crippen molar-refractivity contribution in [1.29, 1.82) is 0 Å². The number of benzene rings is 1. The molecule has 1 atom stereocenters. The maximum atomic E-state index is 13.8. The van der Waals surface area contributed by atoms with Crippen LogP contribution in [0.1, 0.15) is 23.9 Å².